The lowest BCUT2D eigenvalue weighted by atomic mass is 10.1. The van der Waals surface area contributed by atoms with E-state index in [1.807, 2.05) is 32.0 Å². The maximum absolute atomic E-state index is 12.8. The van der Waals surface area contributed by atoms with E-state index in [4.69, 9.17) is 0 Å². The van der Waals surface area contributed by atoms with Gasteiger partial charge in [0.25, 0.3) is 15.9 Å². The van der Waals surface area contributed by atoms with Gasteiger partial charge in [0.2, 0.25) is 10.0 Å². The number of hydrogen-bond donors (Lipinski definition) is 2. The number of aryl methyl sites for hydroxylation is 2. The van der Waals surface area contributed by atoms with Gasteiger partial charge < -0.3 is 5.32 Å². The van der Waals surface area contributed by atoms with Gasteiger partial charge >= 0.3 is 0 Å². The summed E-state index contributed by atoms with van der Waals surface area (Å²) in [5, 5.41) is 2.67. The molecule has 33 heavy (non-hydrogen) atoms. The minimum absolute atomic E-state index is 0.0568. The van der Waals surface area contributed by atoms with Crippen LogP contribution in [0.2, 0.25) is 0 Å². The lowest BCUT2D eigenvalue weighted by Gasteiger charge is -2.14. The van der Waals surface area contributed by atoms with Gasteiger partial charge in [0.1, 0.15) is 0 Å². The Bertz CT molecular complexity index is 1360. The van der Waals surface area contributed by atoms with E-state index in [0.29, 0.717) is 11.4 Å². The molecule has 0 saturated heterocycles. The highest BCUT2D eigenvalue weighted by Gasteiger charge is 2.19. The predicted octanol–water partition coefficient (Wildman–Crippen LogP) is 3.61. The SMILES string of the molecule is Cc1cccc(C)c1NS(=O)(=O)c1ccc(NC(=O)c2ccc(S(=O)(=O)N(C)C)cc2)cc1. The van der Waals surface area contributed by atoms with E-state index in [9.17, 15) is 21.6 Å². The molecule has 0 aliphatic rings. The molecular weight excluding hydrogens is 462 g/mol. The first-order chi connectivity index (χ1) is 15.4. The smallest absolute Gasteiger partial charge is 0.261 e. The number of sulfonamides is 2. The number of carbonyl (C=O) groups excluding carboxylic acids is 1. The van der Waals surface area contributed by atoms with Crippen molar-refractivity contribution in [2.75, 3.05) is 24.1 Å². The lowest BCUT2D eigenvalue weighted by molar-refractivity contribution is 0.102. The normalized spacial score (nSPS) is 11.9. The Hall–Kier alpha value is -3.21. The van der Waals surface area contributed by atoms with Gasteiger partial charge in [0.05, 0.1) is 15.5 Å². The molecule has 0 aromatic heterocycles. The average Bonchev–Trinajstić information content (AvgIpc) is 2.77. The largest absolute Gasteiger partial charge is 0.322 e. The van der Waals surface area contributed by atoms with Crippen LogP contribution in [0.3, 0.4) is 0 Å². The first kappa shape index (κ1) is 24.4. The topological polar surface area (TPSA) is 113 Å². The molecule has 10 heteroatoms. The number of rotatable bonds is 7. The van der Waals surface area contributed by atoms with Gasteiger partial charge in [0.15, 0.2) is 0 Å². The Morgan fingerprint density at radius 1 is 0.758 bits per heavy atom. The second-order valence-corrected chi connectivity index (χ2v) is 11.5. The Morgan fingerprint density at radius 3 is 1.79 bits per heavy atom. The van der Waals surface area contributed by atoms with Gasteiger partial charge in [-0.1, -0.05) is 18.2 Å². The molecule has 3 rings (SSSR count). The molecule has 8 nitrogen and oxygen atoms in total. The Kier molecular flexibility index (Phi) is 6.92. The second-order valence-electron chi connectivity index (χ2n) is 7.66. The van der Waals surface area contributed by atoms with Crippen LogP contribution >= 0.6 is 0 Å². The molecular formula is C23H25N3O5S2. The summed E-state index contributed by atoms with van der Waals surface area (Å²) in [4.78, 5) is 12.6. The molecule has 2 N–H and O–H groups in total. The average molecular weight is 488 g/mol. The van der Waals surface area contributed by atoms with Gasteiger partial charge in [-0.25, -0.2) is 21.1 Å². The molecule has 0 heterocycles. The first-order valence-electron chi connectivity index (χ1n) is 9.95. The van der Waals surface area contributed by atoms with E-state index in [2.05, 4.69) is 10.0 Å². The number of nitrogens with zero attached hydrogens (tertiary/aromatic N) is 1. The number of amides is 1. The molecule has 1 amide bonds. The Labute approximate surface area is 194 Å². The van der Waals surface area contributed by atoms with Crippen LogP contribution < -0.4 is 10.0 Å². The fourth-order valence-electron chi connectivity index (χ4n) is 3.08. The third-order valence-electron chi connectivity index (χ3n) is 5.04. The van der Waals surface area contributed by atoms with Crippen molar-refractivity contribution in [3.8, 4) is 0 Å². The molecule has 0 fully saturated rings. The van der Waals surface area contributed by atoms with Gasteiger partial charge in [-0.3, -0.25) is 9.52 Å². The van der Waals surface area contributed by atoms with Crippen molar-refractivity contribution in [1.82, 2.24) is 4.31 Å². The predicted molar refractivity (Wildman–Crippen MR) is 128 cm³/mol. The van der Waals surface area contributed by atoms with Crippen molar-refractivity contribution in [3.63, 3.8) is 0 Å². The number of nitrogens with one attached hydrogen (secondary N) is 2. The van der Waals surface area contributed by atoms with Crippen molar-refractivity contribution in [1.29, 1.82) is 0 Å². The lowest BCUT2D eigenvalue weighted by Crippen LogP contribution is -2.22. The molecule has 0 spiro atoms. The maximum atomic E-state index is 12.8. The Morgan fingerprint density at radius 2 is 1.27 bits per heavy atom. The van der Waals surface area contributed by atoms with Crippen molar-refractivity contribution < 1.29 is 21.6 Å². The van der Waals surface area contributed by atoms with E-state index in [1.54, 1.807) is 0 Å². The van der Waals surface area contributed by atoms with E-state index in [1.165, 1.54) is 62.6 Å². The van der Waals surface area contributed by atoms with Crippen LogP contribution in [0.4, 0.5) is 11.4 Å². The van der Waals surface area contributed by atoms with Crippen LogP contribution in [-0.4, -0.2) is 41.1 Å². The number of para-hydroxylation sites is 1. The van der Waals surface area contributed by atoms with Gasteiger partial charge in [-0.15, -0.1) is 0 Å². The number of hydrogen-bond acceptors (Lipinski definition) is 5. The van der Waals surface area contributed by atoms with Crippen LogP contribution in [0.25, 0.3) is 0 Å². The molecule has 3 aromatic carbocycles. The fraction of sp³-hybridized carbons (Fsp3) is 0.174. The van der Waals surface area contributed by atoms with Crippen LogP contribution in [-0.2, 0) is 20.0 Å². The highest BCUT2D eigenvalue weighted by atomic mass is 32.2. The second kappa shape index (κ2) is 9.34. The van der Waals surface area contributed by atoms with E-state index < -0.39 is 26.0 Å². The van der Waals surface area contributed by atoms with E-state index in [0.717, 1.165) is 15.4 Å². The quantitative estimate of drug-likeness (QED) is 0.529. The summed E-state index contributed by atoms with van der Waals surface area (Å²) in [5.41, 5.74) is 2.82. The fourth-order valence-corrected chi connectivity index (χ4v) is 5.18. The van der Waals surface area contributed by atoms with Crippen LogP contribution in [0.1, 0.15) is 21.5 Å². The molecule has 0 bridgehead atoms. The number of anilines is 2. The van der Waals surface area contributed by atoms with Crippen molar-refractivity contribution in [2.45, 2.75) is 23.6 Å². The minimum atomic E-state index is -3.81. The highest BCUT2D eigenvalue weighted by molar-refractivity contribution is 7.92. The summed E-state index contributed by atoms with van der Waals surface area (Å²) in [5.74, 6) is -0.451. The van der Waals surface area contributed by atoms with Crippen LogP contribution in [0.5, 0.6) is 0 Å². The zero-order valence-electron chi connectivity index (χ0n) is 18.7. The van der Waals surface area contributed by atoms with E-state index in [-0.39, 0.29) is 15.4 Å². The standard InChI is InChI=1S/C23H25N3O5S2/c1-16-6-5-7-17(2)22(16)25-32(28,29)20-14-10-19(11-15-20)24-23(27)18-8-12-21(13-9-18)33(30,31)26(3)4/h5-15,25H,1-4H3,(H,24,27). The molecule has 0 radical (unpaired) electrons. The highest BCUT2D eigenvalue weighted by Crippen LogP contribution is 2.24. The molecule has 0 unspecified atom stereocenters. The third-order valence-corrected chi connectivity index (χ3v) is 8.23. The van der Waals surface area contributed by atoms with Gasteiger partial charge in [0, 0.05) is 25.3 Å². The minimum Gasteiger partial charge on any atom is -0.322 e. The molecule has 0 aliphatic heterocycles. The zero-order chi connectivity index (χ0) is 24.4. The summed E-state index contributed by atoms with van der Waals surface area (Å²) in [6.45, 7) is 3.65. The molecule has 0 aliphatic carbocycles. The van der Waals surface area contributed by atoms with Crippen molar-refractivity contribution in [3.05, 3.63) is 83.4 Å². The zero-order valence-corrected chi connectivity index (χ0v) is 20.3. The Balaban J connectivity index is 1.73. The van der Waals surface area contributed by atoms with Crippen molar-refractivity contribution in [2.24, 2.45) is 0 Å². The van der Waals surface area contributed by atoms with E-state index >= 15 is 0 Å². The van der Waals surface area contributed by atoms with Gasteiger partial charge in [-0.2, -0.15) is 0 Å². The summed E-state index contributed by atoms with van der Waals surface area (Å²) in [7, 11) is -4.54. The summed E-state index contributed by atoms with van der Waals surface area (Å²) >= 11 is 0. The summed E-state index contributed by atoms with van der Waals surface area (Å²) < 4.78 is 53.5. The summed E-state index contributed by atoms with van der Waals surface area (Å²) in [6.07, 6.45) is 0. The molecule has 3 aromatic rings. The van der Waals surface area contributed by atoms with Crippen LogP contribution in [0.15, 0.2) is 76.5 Å². The first-order valence-corrected chi connectivity index (χ1v) is 12.9. The maximum Gasteiger partial charge on any atom is 0.261 e. The van der Waals surface area contributed by atoms with Gasteiger partial charge in [-0.05, 0) is 73.5 Å². The number of benzene rings is 3. The van der Waals surface area contributed by atoms with Crippen LogP contribution in [0, 0.1) is 13.8 Å². The number of carbonyl (C=O) groups is 1. The van der Waals surface area contributed by atoms with Crippen molar-refractivity contribution >= 4 is 37.3 Å². The molecule has 174 valence electrons. The molecule has 0 atom stereocenters. The summed E-state index contributed by atoms with van der Waals surface area (Å²) in [6, 6.07) is 16.8. The third kappa shape index (κ3) is 5.41. The monoisotopic (exact) mass is 487 g/mol. The molecule has 0 saturated carbocycles.